The summed E-state index contributed by atoms with van der Waals surface area (Å²) in [6.07, 6.45) is 4.98. The zero-order valence-corrected chi connectivity index (χ0v) is 13.8. The molecule has 0 bridgehead atoms. The first-order chi connectivity index (χ1) is 12.2. The molecule has 5 heteroatoms. The summed E-state index contributed by atoms with van der Waals surface area (Å²) in [5.41, 5.74) is 3.50. The van der Waals surface area contributed by atoms with Crippen LogP contribution in [0.3, 0.4) is 0 Å². The van der Waals surface area contributed by atoms with Gasteiger partial charge in [-0.15, -0.1) is 0 Å². The van der Waals surface area contributed by atoms with Crippen molar-refractivity contribution in [2.45, 2.75) is 19.3 Å². The standard InChI is InChI=1S/C20H18FN3O/c21-16-7-4-14(5-8-16)19-13-22-17-9-6-15(12-18(17)23-19)20(25)24-10-2-1-3-11-24/h4-9,12-13H,1-3,10-11H2. The molecular weight excluding hydrogens is 317 g/mol. The lowest BCUT2D eigenvalue weighted by molar-refractivity contribution is 0.0724. The maximum Gasteiger partial charge on any atom is 0.253 e. The minimum atomic E-state index is -0.285. The Bertz CT molecular complexity index is 918. The number of carbonyl (C=O) groups excluding carboxylic acids is 1. The molecule has 0 atom stereocenters. The van der Waals surface area contributed by atoms with Gasteiger partial charge in [0, 0.05) is 24.2 Å². The Kier molecular flexibility index (Phi) is 4.14. The van der Waals surface area contributed by atoms with E-state index in [0.29, 0.717) is 16.8 Å². The van der Waals surface area contributed by atoms with Gasteiger partial charge in [0.1, 0.15) is 5.82 Å². The van der Waals surface area contributed by atoms with Crippen molar-refractivity contribution in [3.63, 3.8) is 0 Å². The lowest BCUT2D eigenvalue weighted by atomic mass is 10.1. The van der Waals surface area contributed by atoms with E-state index < -0.39 is 0 Å². The molecule has 1 saturated heterocycles. The molecule has 0 aliphatic carbocycles. The molecule has 1 aromatic heterocycles. The second-order valence-corrected chi connectivity index (χ2v) is 6.32. The molecule has 1 aliphatic rings. The van der Waals surface area contributed by atoms with Crippen molar-refractivity contribution < 1.29 is 9.18 Å². The maximum atomic E-state index is 13.1. The fourth-order valence-corrected chi connectivity index (χ4v) is 3.18. The predicted octanol–water partition coefficient (Wildman–Crippen LogP) is 4.06. The van der Waals surface area contributed by atoms with E-state index in [1.54, 1.807) is 24.4 Å². The molecule has 0 saturated carbocycles. The average Bonchev–Trinajstić information content (AvgIpc) is 2.68. The number of halogens is 1. The van der Waals surface area contributed by atoms with Crippen LogP contribution in [-0.4, -0.2) is 33.9 Å². The van der Waals surface area contributed by atoms with Crippen LogP contribution in [0.15, 0.2) is 48.7 Å². The summed E-state index contributed by atoms with van der Waals surface area (Å²) in [6.45, 7) is 1.64. The van der Waals surface area contributed by atoms with Crippen LogP contribution >= 0.6 is 0 Å². The summed E-state index contributed by atoms with van der Waals surface area (Å²) >= 11 is 0. The van der Waals surface area contributed by atoms with Crippen molar-refractivity contribution in [2.24, 2.45) is 0 Å². The Morgan fingerprint density at radius 2 is 1.72 bits per heavy atom. The van der Waals surface area contributed by atoms with Gasteiger partial charge in [0.2, 0.25) is 0 Å². The molecule has 126 valence electrons. The van der Waals surface area contributed by atoms with Gasteiger partial charge in [-0.3, -0.25) is 9.78 Å². The number of rotatable bonds is 2. The lowest BCUT2D eigenvalue weighted by Crippen LogP contribution is -2.35. The van der Waals surface area contributed by atoms with Crippen LogP contribution < -0.4 is 0 Å². The SMILES string of the molecule is O=C(c1ccc2ncc(-c3ccc(F)cc3)nc2c1)N1CCCCC1. The van der Waals surface area contributed by atoms with Gasteiger partial charge in [-0.2, -0.15) is 0 Å². The van der Waals surface area contributed by atoms with Gasteiger partial charge < -0.3 is 4.90 Å². The molecule has 2 heterocycles. The van der Waals surface area contributed by atoms with E-state index in [9.17, 15) is 9.18 Å². The van der Waals surface area contributed by atoms with Gasteiger partial charge >= 0.3 is 0 Å². The van der Waals surface area contributed by atoms with Crippen molar-refractivity contribution in [1.82, 2.24) is 14.9 Å². The molecule has 1 fully saturated rings. The highest BCUT2D eigenvalue weighted by atomic mass is 19.1. The Hall–Kier alpha value is -2.82. The maximum absolute atomic E-state index is 13.1. The van der Waals surface area contributed by atoms with Crippen LogP contribution in [0.4, 0.5) is 4.39 Å². The number of piperidine rings is 1. The molecule has 4 nitrogen and oxygen atoms in total. The van der Waals surface area contributed by atoms with E-state index in [-0.39, 0.29) is 11.7 Å². The third kappa shape index (κ3) is 3.22. The predicted molar refractivity (Wildman–Crippen MR) is 94.7 cm³/mol. The molecule has 0 unspecified atom stereocenters. The number of aromatic nitrogens is 2. The van der Waals surface area contributed by atoms with Gasteiger partial charge in [0.15, 0.2) is 0 Å². The number of benzene rings is 2. The molecule has 0 radical (unpaired) electrons. The van der Waals surface area contributed by atoms with Crippen molar-refractivity contribution in [3.05, 3.63) is 60.0 Å². The van der Waals surface area contributed by atoms with E-state index in [0.717, 1.165) is 37.0 Å². The van der Waals surface area contributed by atoms with Crippen molar-refractivity contribution in [2.75, 3.05) is 13.1 Å². The van der Waals surface area contributed by atoms with Crippen LogP contribution in [0.25, 0.3) is 22.3 Å². The summed E-state index contributed by atoms with van der Waals surface area (Å²) < 4.78 is 13.1. The Labute approximate surface area is 145 Å². The Morgan fingerprint density at radius 3 is 2.48 bits per heavy atom. The summed E-state index contributed by atoms with van der Waals surface area (Å²) in [4.78, 5) is 23.6. The first kappa shape index (κ1) is 15.7. The lowest BCUT2D eigenvalue weighted by Gasteiger charge is -2.26. The third-order valence-corrected chi connectivity index (χ3v) is 4.57. The minimum absolute atomic E-state index is 0.0515. The fraction of sp³-hybridized carbons (Fsp3) is 0.250. The number of carbonyl (C=O) groups is 1. The van der Waals surface area contributed by atoms with Gasteiger partial charge in [-0.1, -0.05) is 0 Å². The molecular formula is C20H18FN3O. The van der Waals surface area contributed by atoms with Gasteiger partial charge in [-0.25, -0.2) is 9.37 Å². The zero-order valence-electron chi connectivity index (χ0n) is 13.8. The monoisotopic (exact) mass is 335 g/mol. The number of amides is 1. The molecule has 3 aromatic rings. The molecule has 2 aromatic carbocycles. The summed E-state index contributed by atoms with van der Waals surface area (Å²) in [5, 5.41) is 0. The first-order valence-electron chi connectivity index (χ1n) is 8.53. The van der Waals surface area contributed by atoms with Crippen LogP contribution in [0.1, 0.15) is 29.6 Å². The topological polar surface area (TPSA) is 46.1 Å². The molecule has 1 aliphatic heterocycles. The number of hydrogen-bond donors (Lipinski definition) is 0. The van der Waals surface area contributed by atoms with E-state index >= 15 is 0 Å². The number of fused-ring (bicyclic) bond motifs is 1. The van der Waals surface area contributed by atoms with E-state index in [4.69, 9.17) is 0 Å². The normalized spacial score (nSPS) is 14.7. The van der Waals surface area contributed by atoms with Crippen molar-refractivity contribution in [1.29, 1.82) is 0 Å². The second kappa shape index (κ2) is 6.59. The van der Waals surface area contributed by atoms with Gasteiger partial charge in [0.05, 0.1) is 22.9 Å². The van der Waals surface area contributed by atoms with E-state index in [1.165, 1.54) is 18.6 Å². The second-order valence-electron chi connectivity index (χ2n) is 6.32. The summed E-state index contributed by atoms with van der Waals surface area (Å²) in [6, 6.07) is 11.6. The van der Waals surface area contributed by atoms with Crippen LogP contribution in [-0.2, 0) is 0 Å². The smallest absolute Gasteiger partial charge is 0.253 e. The van der Waals surface area contributed by atoms with E-state index in [2.05, 4.69) is 9.97 Å². The highest BCUT2D eigenvalue weighted by Gasteiger charge is 2.18. The molecule has 4 rings (SSSR count). The molecule has 1 amide bonds. The zero-order chi connectivity index (χ0) is 17.2. The highest BCUT2D eigenvalue weighted by Crippen LogP contribution is 2.21. The highest BCUT2D eigenvalue weighted by molar-refractivity contribution is 5.97. The van der Waals surface area contributed by atoms with E-state index in [1.807, 2.05) is 17.0 Å². The number of nitrogens with zero attached hydrogens (tertiary/aromatic N) is 3. The number of hydrogen-bond acceptors (Lipinski definition) is 3. The number of likely N-dealkylation sites (tertiary alicyclic amines) is 1. The fourth-order valence-electron chi connectivity index (χ4n) is 3.18. The van der Waals surface area contributed by atoms with Crippen LogP contribution in [0, 0.1) is 5.82 Å². The molecule has 0 N–H and O–H groups in total. The van der Waals surface area contributed by atoms with Gasteiger partial charge in [0.25, 0.3) is 5.91 Å². The van der Waals surface area contributed by atoms with Crippen LogP contribution in [0.5, 0.6) is 0 Å². The molecule has 0 spiro atoms. The van der Waals surface area contributed by atoms with Crippen molar-refractivity contribution in [3.8, 4) is 11.3 Å². The largest absolute Gasteiger partial charge is 0.339 e. The quantitative estimate of drug-likeness (QED) is 0.709. The van der Waals surface area contributed by atoms with Crippen LogP contribution in [0.2, 0.25) is 0 Å². The summed E-state index contributed by atoms with van der Waals surface area (Å²) in [7, 11) is 0. The molecule has 25 heavy (non-hydrogen) atoms. The Balaban J connectivity index is 1.69. The summed E-state index contributed by atoms with van der Waals surface area (Å²) in [5.74, 6) is -0.234. The average molecular weight is 335 g/mol. The minimum Gasteiger partial charge on any atom is -0.339 e. The first-order valence-corrected chi connectivity index (χ1v) is 8.53. The third-order valence-electron chi connectivity index (χ3n) is 4.57. The van der Waals surface area contributed by atoms with Crippen molar-refractivity contribution >= 4 is 16.9 Å². The Morgan fingerprint density at radius 1 is 0.960 bits per heavy atom. The van der Waals surface area contributed by atoms with Gasteiger partial charge in [-0.05, 0) is 61.7 Å².